The Labute approximate surface area is 86.7 Å². The normalized spacial score (nSPS) is 12.6. The number of rotatable bonds is 3. The van der Waals surface area contributed by atoms with E-state index in [4.69, 9.17) is 22.4 Å². The average Bonchev–Trinajstić information content (AvgIpc) is 2.09. The highest BCUT2D eigenvalue weighted by Gasteiger charge is 2.06. The summed E-state index contributed by atoms with van der Waals surface area (Å²) in [5, 5.41) is 11.8. The Hall–Kier alpha value is -1.00. The van der Waals surface area contributed by atoms with E-state index < -0.39 is 11.9 Å². The van der Waals surface area contributed by atoms with E-state index in [2.05, 4.69) is 5.32 Å². The van der Waals surface area contributed by atoms with Gasteiger partial charge in [-0.15, -0.1) is 0 Å². The molecule has 14 heavy (non-hydrogen) atoms. The maximum atomic E-state index is 13.0. The molecular weight excluding hydrogens is 207 g/mol. The SMILES string of the molecule is CC(O)CNc1cc(F)c(Cl)cc1N. The number of nitrogens with two attached hydrogens (primary N) is 1. The molecule has 1 rings (SSSR count). The Kier molecular flexibility index (Phi) is 3.55. The minimum Gasteiger partial charge on any atom is -0.397 e. The number of nitrogen functional groups attached to an aromatic ring is 1. The van der Waals surface area contributed by atoms with Gasteiger partial charge in [-0.05, 0) is 13.0 Å². The van der Waals surface area contributed by atoms with Crippen LogP contribution >= 0.6 is 11.6 Å². The van der Waals surface area contributed by atoms with Crippen LogP contribution in [0, 0.1) is 5.82 Å². The van der Waals surface area contributed by atoms with Gasteiger partial charge < -0.3 is 16.2 Å². The number of benzene rings is 1. The minimum atomic E-state index is -0.533. The van der Waals surface area contributed by atoms with Crippen LogP contribution in [0.2, 0.25) is 5.02 Å². The fourth-order valence-corrected chi connectivity index (χ4v) is 1.15. The zero-order chi connectivity index (χ0) is 10.7. The van der Waals surface area contributed by atoms with Crippen LogP contribution < -0.4 is 11.1 Å². The third kappa shape index (κ3) is 2.75. The summed E-state index contributed by atoms with van der Waals surface area (Å²) in [6.45, 7) is 1.93. The summed E-state index contributed by atoms with van der Waals surface area (Å²) >= 11 is 5.52. The Morgan fingerprint density at radius 3 is 2.86 bits per heavy atom. The molecule has 0 saturated carbocycles. The average molecular weight is 219 g/mol. The van der Waals surface area contributed by atoms with Crippen molar-refractivity contribution >= 4 is 23.0 Å². The third-order valence-electron chi connectivity index (χ3n) is 1.68. The molecule has 0 amide bonds. The molecule has 3 nitrogen and oxygen atoms in total. The molecule has 0 bridgehead atoms. The Balaban J connectivity index is 2.82. The zero-order valence-corrected chi connectivity index (χ0v) is 8.48. The van der Waals surface area contributed by atoms with Gasteiger partial charge >= 0.3 is 0 Å². The molecular formula is C9H12ClFN2O. The number of aliphatic hydroxyl groups excluding tert-OH is 1. The van der Waals surface area contributed by atoms with Crippen LogP contribution in [0.3, 0.4) is 0 Å². The number of hydrogen-bond acceptors (Lipinski definition) is 3. The lowest BCUT2D eigenvalue weighted by atomic mass is 10.2. The van der Waals surface area contributed by atoms with Crippen LogP contribution in [0.5, 0.6) is 0 Å². The number of anilines is 2. The van der Waals surface area contributed by atoms with E-state index in [0.29, 0.717) is 17.9 Å². The molecule has 5 heteroatoms. The molecule has 0 heterocycles. The predicted molar refractivity (Wildman–Crippen MR) is 56.0 cm³/mol. The van der Waals surface area contributed by atoms with Crippen molar-refractivity contribution in [1.82, 2.24) is 0 Å². The summed E-state index contributed by atoms with van der Waals surface area (Å²) in [4.78, 5) is 0. The van der Waals surface area contributed by atoms with E-state index in [1.54, 1.807) is 6.92 Å². The largest absolute Gasteiger partial charge is 0.397 e. The van der Waals surface area contributed by atoms with Crippen molar-refractivity contribution in [2.45, 2.75) is 13.0 Å². The standard InChI is InChI=1S/C9H12ClFN2O/c1-5(14)4-13-9-3-7(11)6(10)2-8(9)12/h2-3,5,13-14H,4,12H2,1H3. The quantitative estimate of drug-likeness (QED) is 0.679. The van der Waals surface area contributed by atoms with E-state index in [1.807, 2.05) is 0 Å². The highest BCUT2D eigenvalue weighted by molar-refractivity contribution is 6.31. The van der Waals surface area contributed by atoms with Crippen LogP contribution in [0.25, 0.3) is 0 Å². The van der Waals surface area contributed by atoms with Crippen LogP contribution in [0.15, 0.2) is 12.1 Å². The van der Waals surface area contributed by atoms with Crippen LogP contribution in [-0.4, -0.2) is 17.8 Å². The van der Waals surface area contributed by atoms with Gasteiger partial charge in [0.05, 0.1) is 22.5 Å². The van der Waals surface area contributed by atoms with Gasteiger partial charge in [-0.2, -0.15) is 0 Å². The van der Waals surface area contributed by atoms with Crippen molar-refractivity contribution < 1.29 is 9.50 Å². The lowest BCUT2D eigenvalue weighted by Crippen LogP contribution is -2.16. The minimum absolute atomic E-state index is 0.00917. The highest BCUT2D eigenvalue weighted by Crippen LogP contribution is 2.25. The van der Waals surface area contributed by atoms with Crippen molar-refractivity contribution in [2.75, 3.05) is 17.6 Å². The predicted octanol–water partition coefficient (Wildman–Crippen LogP) is 1.85. The highest BCUT2D eigenvalue weighted by atomic mass is 35.5. The fourth-order valence-electron chi connectivity index (χ4n) is 0.973. The Morgan fingerprint density at radius 2 is 2.29 bits per heavy atom. The zero-order valence-electron chi connectivity index (χ0n) is 7.72. The number of halogens is 2. The summed E-state index contributed by atoms with van der Waals surface area (Å²) < 4.78 is 13.0. The summed E-state index contributed by atoms with van der Waals surface area (Å²) in [6.07, 6.45) is -0.520. The van der Waals surface area contributed by atoms with Gasteiger partial charge in [0.2, 0.25) is 0 Å². The first-order valence-electron chi connectivity index (χ1n) is 4.17. The van der Waals surface area contributed by atoms with E-state index in [-0.39, 0.29) is 5.02 Å². The molecule has 78 valence electrons. The topological polar surface area (TPSA) is 58.3 Å². The molecule has 0 aliphatic heterocycles. The number of nitrogens with one attached hydrogen (secondary N) is 1. The maximum absolute atomic E-state index is 13.0. The molecule has 1 unspecified atom stereocenters. The van der Waals surface area contributed by atoms with Gasteiger partial charge in [0.1, 0.15) is 5.82 Å². The molecule has 0 aromatic heterocycles. The lowest BCUT2D eigenvalue weighted by Gasteiger charge is -2.11. The van der Waals surface area contributed by atoms with Crippen LogP contribution in [0.4, 0.5) is 15.8 Å². The second kappa shape index (κ2) is 4.48. The number of hydrogen-bond donors (Lipinski definition) is 3. The molecule has 0 saturated heterocycles. The second-order valence-electron chi connectivity index (χ2n) is 3.08. The van der Waals surface area contributed by atoms with Gasteiger partial charge in [0, 0.05) is 12.6 Å². The van der Waals surface area contributed by atoms with Gasteiger partial charge in [0.25, 0.3) is 0 Å². The van der Waals surface area contributed by atoms with Crippen LogP contribution in [0.1, 0.15) is 6.92 Å². The van der Waals surface area contributed by atoms with Gasteiger partial charge in [-0.25, -0.2) is 4.39 Å². The van der Waals surface area contributed by atoms with Gasteiger partial charge in [-0.1, -0.05) is 11.6 Å². The third-order valence-corrected chi connectivity index (χ3v) is 1.97. The van der Waals surface area contributed by atoms with Crippen molar-refractivity contribution in [2.24, 2.45) is 0 Å². The van der Waals surface area contributed by atoms with E-state index in [9.17, 15) is 4.39 Å². The van der Waals surface area contributed by atoms with E-state index >= 15 is 0 Å². The fraction of sp³-hybridized carbons (Fsp3) is 0.333. The smallest absolute Gasteiger partial charge is 0.143 e. The molecule has 1 aromatic rings. The second-order valence-corrected chi connectivity index (χ2v) is 3.49. The van der Waals surface area contributed by atoms with E-state index in [1.165, 1.54) is 12.1 Å². The molecule has 0 spiro atoms. The first-order chi connectivity index (χ1) is 6.50. The van der Waals surface area contributed by atoms with Crippen molar-refractivity contribution in [3.05, 3.63) is 23.0 Å². The van der Waals surface area contributed by atoms with Gasteiger partial charge in [-0.3, -0.25) is 0 Å². The van der Waals surface area contributed by atoms with Crippen molar-refractivity contribution in [3.63, 3.8) is 0 Å². The molecule has 1 atom stereocenters. The number of aliphatic hydroxyl groups is 1. The van der Waals surface area contributed by atoms with E-state index in [0.717, 1.165) is 0 Å². The van der Waals surface area contributed by atoms with Crippen molar-refractivity contribution in [1.29, 1.82) is 0 Å². The maximum Gasteiger partial charge on any atom is 0.143 e. The molecule has 1 aromatic carbocycles. The summed E-state index contributed by atoms with van der Waals surface area (Å²) in [5.41, 5.74) is 6.38. The summed E-state index contributed by atoms with van der Waals surface area (Å²) in [7, 11) is 0. The lowest BCUT2D eigenvalue weighted by molar-refractivity contribution is 0.208. The Morgan fingerprint density at radius 1 is 1.64 bits per heavy atom. The molecule has 0 aliphatic rings. The monoisotopic (exact) mass is 218 g/mol. The van der Waals surface area contributed by atoms with Crippen molar-refractivity contribution in [3.8, 4) is 0 Å². The Bertz CT molecular complexity index is 331. The first kappa shape index (κ1) is 11.1. The summed E-state index contributed by atoms with van der Waals surface area (Å²) in [5.74, 6) is -0.533. The first-order valence-corrected chi connectivity index (χ1v) is 4.55. The summed E-state index contributed by atoms with van der Waals surface area (Å²) in [6, 6.07) is 2.54. The molecule has 4 N–H and O–H groups in total. The molecule has 0 radical (unpaired) electrons. The van der Waals surface area contributed by atoms with Crippen LogP contribution in [-0.2, 0) is 0 Å². The molecule has 0 fully saturated rings. The molecule has 0 aliphatic carbocycles. The van der Waals surface area contributed by atoms with Gasteiger partial charge in [0.15, 0.2) is 0 Å².